The lowest BCUT2D eigenvalue weighted by Gasteiger charge is -2.40. The van der Waals surface area contributed by atoms with Crippen molar-refractivity contribution in [3.05, 3.63) is 65.2 Å². The number of hydrogen-bond donors (Lipinski definition) is 0. The summed E-state index contributed by atoms with van der Waals surface area (Å²) in [5.74, 6) is 0.611. The van der Waals surface area contributed by atoms with Gasteiger partial charge < -0.3 is 14.7 Å². The largest absolute Gasteiger partial charge is 0.328 e. The molecule has 7 heteroatoms. The highest BCUT2D eigenvalue weighted by atomic mass is 16.2. The minimum atomic E-state index is -0.486. The molecule has 2 saturated heterocycles. The molecule has 3 amide bonds. The molecule has 3 heterocycles. The number of rotatable bonds is 3. The number of fused-ring (bicyclic) bond motifs is 3. The smallest absolute Gasteiger partial charge is 0.325 e. The van der Waals surface area contributed by atoms with Crippen LogP contribution in [0.2, 0.25) is 0 Å². The van der Waals surface area contributed by atoms with Gasteiger partial charge in [0, 0.05) is 25.8 Å². The van der Waals surface area contributed by atoms with Crippen molar-refractivity contribution in [1.82, 2.24) is 14.7 Å². The first-order valence-electron chi connectivity index (χ1n) is 10.3. The summed E-state index contributed by atoms with van der Waals surface area (Å²) in [5, 5.41) is 0. The molecular weight excluding hydrogens is 378 g/mol. The number of benzene rings is 2. The topological polar surface area (TPSA) is 59.5 Å². The average Bonchev–Trinajstić information content (AvgIpc) is 3.30. The molecule has 2 atom stereocenters. The highest BCUT2D eigenvalue weighted by Gasteiger charge is 2.54. The van der Waals surface area contributed by atoms with Gasteiger partial charge in [0.2, 0.25) is 5.96 Å². The Labute approximate surface area is 176 Å². The Kier molecular flexibility index (Phi) is 4.27. The van der Waals surface area contributed by atoms with Crippen LogP contribution in [0.25, 0.3) is 0 Å². The molecule has 0 aliphatic carbocycles. The standard InChI is InChI=1S/C23H25N5O2/c1-15-9-10-18(16(2)13-15)26-11-12-27-19-20(24-22(26)27)25(3)23(30)28(21(19)29)14-17-7-5-4-6-8-17/h4-10,13,19-20H,11-12,14H2,1-3H3. The summed E-state index contributed by atoms with van der Waals surface area (Å²) >= 11 is 0. The minimum Gasteiger partial charge on any atom is -0.325 e. The molecule has 30 heavy (non-hydrogen) atoms. The van der Waals surface area contributed by atoms with E-state index in [2.05, 4.69) is 41.8 Å². The van der Waals surface area contributed by atoms with E-state index in [9.17, 15) is 9.59 Å². The van der Waals surface area contributed by atoms with Gasteiger partial charge in [-0.15, -0.1) is 0 Å². The number of amides is 3. The van der Waals surface area contributed by atoms with Crippen LogP contribution in [0.4, 0.5) is 10.5 Å². The van der Waals surface area contributed by atoms with Gasteiger partial charge in [0.25, 0.3) is 5.91 Å². The lowest BCUT2D eigenvalue weighted by atomic mass is 10.1. The summed E-state index contributed by atoms with van der Waals surface area (Å²) in [6.45, 7) is 5.93. The Morgan fingerprint density at radius 3 is 2.53 bits per heavy atom. The molecule has 0 spiro atoms. The number of likely N-dealkylation sites (N-methyl/N-ethyl adjacent to an activating group) is 1. The van der Waals surface area contributed by atoms with Crippen molar-refractivity contribution in [3.63, 3.8) is 0 Å². The lowest BCUT2D eigenvalue weighted by Crippen LogP contribution is -2.64. The normalized spacial score (nSPS) is 23.1. The van der Waals surface area contributed by atoms with Gasteiger partial charge >= 0.3 is 6.03 Å². The number of anilines is 1. The van der Waals surface area contributed by atoms with E-state index in [0.29, 0.717) is 6.54 Å². The second-order valence-electron chi connectivity index (χ2n) is 8.23. The predicted molar refractivity (Wildman–Crippen MR) is 115 cm³/mol. The number of guanidine groups is 1. The van der Waals surface area contributed by atoms with Crippen LogP contribution in [-0.4, -0.2) is 64.9 Å². The summed E-state index contributed by atoms with van der Waals surface area (Å²) in [4.78, 5) is 38.4. The average molecular weight is 403 g/mol. The van der Waals surface area contributed by atoms with Crippen molar-refractivity contribution in [1.29, 1.82) is 0 Å². The van der Waals surface area contributed by atoms with E-state index in [4.69, 9.17) is 4.99 Å². The van der Waals surface area contributed by atoms with Gasteiger partial charge in [0.15, 0.2) is 12.2 Å². The number of nitrogens with zero attached hydrogens (tertiary/aromatic N) is 5. The number of hydrogen-bond acceptors (Lipinski definition) is 5. The van der Waals surface area contributed by atoms with E-state index in [0.717, 1.165) is 23.8 Å². The van der Waals surface area contributed by atoms with Gasteiger partial charge in [-0.2, -0.15) is 0 Å². The summed E-state index contributed by atoms with van der Waals surface area (Å²) in [6.07, 6.45) is -0.486. The van der Waals surface area contributed by atoms with Crippen molar-refractivity contribution < 1.29 is 9.59 Å². The Bertz CT molecular complexity index is 1050. The molecule has 2 fully saturated rings. The van der Waals surface area contributed by atoms with Crippen LogP contribution in [0.15, 0.2) is 53.5 Å². The molecular formula is C23H25N5O2. The maximum Gasteiger partial charge on any atom is 0.328 e. The van der Waals surface area contributed by atoms with Crippen LogP contribution < -0.4 is 4.90 Å². The number of aryl methyl sites for hydroxylation is 2. The third kappa shape index (κ3) is 2.76. The number of urea groups is 1. The van der Waals surface area contributed by atoms with Crippen LogP contribution in [0.3, 0.4) is 0 Å². The van der Waals surface area contributed by atoms with E-state index in [1.54, 1.807) is 11.9 Å². The first-order valence-corrected chi connectivity index (χ1v) is 10.3. The molecule has 0 saturated carbocycles. The van der Waals surface area contributed by atoms with E-state index >= 15 is 0 Å². The molecule has 0 aromatic heterocycles. The third-order valence-corrected chi connectivity index (χ3v) is 6.20. The highest BCUT2D eigenvalue weighted by Crippen LogP contribution is 2.34. The number of aliphatic imine (C=N–C) groups is 1. The predicted octanol–water partition coefficient (Wildman–Crippen LogP) is 2.58. The Morgan fingerprint density at radius 2 is 1.80 bits per heavy atom. The number of carbonyl (C=O) groups excluding carboxylic acids is 2. The minimum absolute atomic E-state index is 0.173. The zero-order valence-electron chi connectivity index (χ0n) is 17.4. The maximum absolute atomic E-state index is 13.4. The Morgan fingerprint density at radius 1 is 1.03 bits per heavy atom. The molecule has 154 valence electrons. The van der Waals surface area contributed by atoms with E-state index in [-0.39, 0.29) is 18.5 Å². The molecule has 2 aromatic rings. The van der Waals surface area contributed by atoms with E-state index < -0.39 is 12.2 Å². The molecule has 5 rings (SSSR count). The SMILES string of the molecule is Cc1ccc(N2CCN3C2=NC2C3C(=O)N(Cc3ccccc3)C(=O)N2C)c(C)c1. The third-order valence-electron chi connectivity index (χ3n) is 6.20. The van der Waals surface area contributed by atoms with Gasteiger partial charge in [0.05, 0.1) is 6.54 Å². The Balaban J connectivity index is 1.45. The van der Waals surface area contributed by atoms with Crippen molar-refractivity contribution in [2.45, 2.75) is 32.6 Å². The maximum atomic E-state index is 13.4. The first kappa shape index (κ1) is 18.7. The summed E-state index contributed by atoms with van der Waals surface area (Å²) in [5.41, 5.74) is 4.42. The number of imide groups is 1. The monoisotopic (exact) mass is 403 g/mol. The van der Waals surface area contributed by atoms with Crippen LogP contribution >= 0.6 is 0 Å². The van der Waals surface area contributed by atoms with Gasteiger partial charge in [-0.05, 0) is 31.0 Å². The molecule has 0 bridgehead atoms. The van der Waals surface area contributed by atoms with Crippen LogP contribution in [-0.2, 0) is 11.3 Å². The lowest BCUT2D eigenvalue weighted by molar-refractivity contribution is -0.137. The fourth-order valence-corrected chi connectivity index (χ4v) is 4.68. The van der Waals surface area contributed by atoms with Crippen LogP contribution in [0.1, 0.15) is 16.7 Å². The summed E-state index contributed by atoms with van der Waals surface area (Å²) in [6, 6.07) is 15.2. The fourth-order valence-electron chi connectivity index (χ4n) is 4.68. The molecule has 2 aromatic carbocycles. The van der Waals surface area contributed by atoms with Crippen LogP contribution in [0.5, 0.6) is 0 Å². The molecule has 3 aliphatic heterocycles. The van der Waals surface area contributed by atoms with Gasteiger partial charge in [0.1, 0.15) is 0 Å². The van der Waals surface area contributed by atoms with E-state index in [1.165, 1.54) is 16.0 Å². The molecule has 3 aliphatic rings. The van der Waals surface area contributed by atoms with Crippen molar-refractivity contribution >= 4 is 23.6 Å². The summed E-state index contributed by atoms with van der Waals surface area (Å²) < 4.78 is 0. The second kappa shape index (κ2) is 6.86. The number of carbonyl (C=O) groups is 2. The highest BCUT2D eigenvalue weighted by molar-refractivity contribution is 6.08. The first-order chi connectivity index (χ1) is 14.5. The van der Waals surface area contributed by atoms with Gasteiger partial charge in [-0.3, -0.25) is 9.69 Å². The molecule has 7 nitrogen and oxygen atoms in total. The van der Waals surface area contributed by atoms with Crippen molar-refractivity contribution in [3.8, 4) is 0 Å². The zero-order valence-corrected chi connectivity index (χ0v) is 17.4. The van der Waals surface area contributed by atoms with Crippen molar-refractivity contribution in [2.24, 2.45) is 4.99 Å². The van der Waals surface area contributed by atoms with Gasteiger partial charge in [-0.1, -0.05) is 48.0 Å². The fraction of sp³-hybridized carbons (Fsp3) is 0.348. The van der Waals surface area contributed by atoms with E-state index in [1.807, 2.05) is 30.3 Å². The second-order valence-corrected chi connectivity index (χ2v) is 8.23. The Hall–Kier alpha value is -3.35. The molecule has 2 unspecified atom stereocenters. The van der Waals surface area contributed by atoms with Gasteiger partial charge in [-0.25, -0.2) is 9.79 Å². The molecule has 0 N–H and O–H groups in total. The quantitative estimate of drug-likeness (QED) is 0.791. The van der Waals surface area contributed by atoms with Crippen molar-refractivity contribution in [2.75, 3.05) is 25.0 Å². The summed E-state index contributed by atoms with van der Waals surface area (Å²) in [7, 11) is 1.73. The molecule has 0 radical (unpaired) electrons. The zero-order chi connectivity index (χ0) is 21.0. The van der Waals surface area contributed by atoms with Crippen LogP contribution in [0, 0.1) is 13.8 Å².